The van der Waals surface area contributed by atoms with E-state index in [1.54, 1.807) is 13.2 Å². The molecular formula is C15H23N3O2S. The standard InChI is InChI=1S/C15H23N3O2S/c1-20-10-5-16-15(21)18-8-6-17(7-9-18)12-13-3-2-4-14(19)11-13/h2-4,11,19H,5-10,12H2,1H3,(H,16,21). The molecule has 2 N–H and O–H groups in total. The molecule has 0 amide bonds. The van der Waals surface area contributed by atoms with Crippen LogP contribution < -0.4 is 5.32 Å². The van der Waals surface area contributed by atoms with Gasteiger partial charge in [0.1, 0.15) is 5.75 Å². The smallest absolute Gasteiger partial charge is 0.169 e. The molecule has 0 radical (unpaired) electrons. The Labute approximate surface area is 131 Å². The van der Waals surface area contributed by atoms with Crippen LogP contribution in [0.5, 0.6) is 5.75 Å². The molecular weight excluding hydrogens is 286 g/mol. The van der Waals surface area contributed by atoms with Gasteiger partial charge < -0.3 is 20.1 Å². The van der Waals surface area contributed by atoms with E-state index in [0.29, 0.717) is 12.4 Å². The molecule has 1 aliphatic heterocycles. The SMILES string of the molecule is COCCNC(=S)N1CCN(Cc2cccc(O)c2)CC1. The Morgan fingerprint density at radius 2 is 2.10 bits per heavy atom. The van der Waals surface area contributed by atoms with Crippen LogP contribution >= 0.6 is 12.2 Å². The van der Waals surface area contributed by atoms with Gasteiger partial charge >= 0.3 is 0 Å². The van der Waals surface area contributed by atoms with Gasteiger partial charge in [-0.05, 0) is 29.9 Å². The third kappa shape index (κ3) is 5.15. The van der Waals surface area contributed by atoms with E-state index in [9.17, 15) is 5.11 Å². The van der Waals surface area contributed by atoms with Gasteiger partial charge in [0.25, 0.3) is 0 Å². The zero-order valence-electron chi connectivity index (χ0n) is 12.4. The van der Waals surface area contributed by atoms with E-state index in [1.165, 1.54) is 0 Å². The van der Waals surface area contributed by atoms with E-state index in [4.69, 9.17) is 17.0 Å². The van der Waals surface area contributed by atoms with Crippen molar-refractivity contribution in [2.75, 3.05) is 46.4 Å². The van der Waals surface area contributed by atoms with Gasteiger partial charge in [-0.15, -0.1) is 0 Å². The lowest BCUT2D eigenvalue weighted by molar-refractivity contribution is 0.172. The number of thiocarbonyl (C=S) groups is 1. The maximum Gasteiger partial charge on any atom is 0.169 e. The van der Waals surface area contributed by atoms with Crippen LogP contribution in [-0.2, 0) is 11.3 Å². The number of methoxy groups -OCH3 is 1. The molecule has 1 fully saturated rings. The summed E-state index contributed by atoms with van der Waals surface area (Å²) < 4.78 is 5.00. The normalized spacial score (nSPS) is 16.0. The Kier molecular flexibility index (Phi) is 6.22. The van der Waals surface area contributed by atoms with Crippen LogP contribution in [0.2, 0.25) is 0 Å². The van der Waals surface area contributed by atoms with E-state index >= 15 is 0 Å². The van der Waals surface area contributed by atoms with Crippen LogP contribution in [0, 0.1) is 0 Å². The lowest BCUT2D eigenvalue weighted by Gasteiger charge is -2.36. The van der Waals surface area contributed by atoms with Crippen molar-refractivity contribution < 1.29 is 9.84 Å². The van der Waals surface area contributed by atoms with Crippen molar-refractivity contribution in [3.63, 3.8) is 0 Å². The summed E-state index contributed by atoms with van der Waals surface area (Å²) >= 11 is 5.38. The summed E-state index contributed by atoms with van der Waals surface area (Å²) in [4.78, 5) is 4.58. The molecule has 0 aromatic heterocycles. The van der Waals surface area contributed by atoms with Crippen LogP contribution in [0.15, 0.2) is 24.3 Å². The van der Waals surface area contributed by atoms with Crippen molar-refractivity contribution in [1.82, 2.24) is 15.1 Å². The molecule has 1 heterocycles. The van der Waals surface area contributed by atoms with Gasteiger partial charge in [0.05, 0.1) is 6.61 Å². The summed E-state index contributed by atoms with van der Waals surface area (Å²) in [5.74, 6) is 0.328. The summed E-state index contributed by atoms with van der Waals surface area (Å²) in [7, 11) is 1.69. The molecule has 0 saturated carbocycles. The first-order valence-corrected chi connectivity index (χ1v) is 7.62. The summed E-state index contributed by atoms with van der Waals surface area (Å²) in [5, 5.41) is 13.5. The van der Waals surface area contributed by atoms with Gasteiger partial charge in [-0.25, -0.2) is 0 Å². The molecule has 116 valence electrons. The highest BCUT2D eigenvalue weighted by molar-refractivity contribution is 7.80. The highest BCUT2D eigenvalue weighted by Gasteiger charge is 2.18. The van der Waals surface area contributed by atoms with Crippen LogP contribution in [0.4, 0.5) is 0 Å². The number of hydrogen-bond donors (Lipinski definition) is 2. The zero-order chi connectivity index (χ0) is 15.1. The number of piperazine rings is 1. The summed E-state index contributed by atoms with van der Waals surface area (Å²) in [6.07, 6.45) is 0. The van der Waals surface area contributed by atoms with E-state index in [0.717, 1.165) is 49.9 Å². The van der Waals surface area contributed by atoms with Crippen molar-refractivity contribution in [3.8, 4) is 5.75 Å². The molecule has 1 aliphatic rings. The van der Waals surface area contributed by atoms with Gasteiger partial charge in [-0.1, -0.05) is 12.1 Å². The predicted octanol–water partition coefficient (Wildman–Crippen LogP) is 1.03. The van der Waals surface area contributed by atoms with Gasteiger partial charge in [0, 0.05) is 46.4 Å². The fraction of sp³-hybridized carbons (Fsp3) is 0.533. The molecule has 0 spiro atoms. The van der Waals surface area contributed by atoms with Crippen molar-refractivity contribution in [3.05, 3.63) is 29.8 Å². The number of hydrogen-bond acceptors (Lipinski definition) is 4. The largest absolute Gasteiger partial charge is 0.508 e. The Morgan fingerprint density at radius 3 is 2.76 bits per heavy atom. The highest BCUT2D eigenvalue weighted by Crippen LogP contribution is 2.14. The van der Waals surface area contributed by atoms with Gasteiger partial charge in [-0.3, -0.25) is 4.90 Å². The van der Waals surface area contributed by atoms with Gasteiger partial charge in [0.15, 0.2) is 5.11 Å². The van der Waals surface area contributed by atoms with Crippen molar-refractivity contribution in [1.29, 1.82) is 0 Å². The van der Waals surface area contributed by atoms with Crippen LogP contribution in [-0.4, -0.2) is 66.5 Å². The molecule has 0 aliphatic carbocycles. The number of aromatic hydroxyl groups is 1. The van der Waals surface area contributed by atoms with Crippen LogP contribution in [0.3, 0.4) is 0 Å². The molecule has 0 unspecified atom stereocenters. The summed E-state index contributed by atoms with van der Waals surface area (Å²) in [5.41, 5.74) is 1.14. The van der Waals surface area contributed by atoms with Crippen LogP contribution in [0.1, 0.15) is 5.56 Å². The number of phenolic OH excluding ortho intramolecular Hbond substituents is 1. The lowest BCUT2D eigenvalue weighted by atomic mass is 10.2. The topological polar surface area (TPSA) is 48.0 Å². The minimum Gasteiger partial charge on any atom is -0.508 e. The third-order valence-corrected chi connectivity index (χ3v) is 3.96. The molecule has 1 aromatic rings. The second-order valence-corrected chi connectivity index (χ2v) is 5.54. The number of phenols is 1. The Bertz CT molecular complexity index is 462. The first kappa shape index (κ1) is 16.0. The minimum absolute atomic E-state index is 0.328. The number of rotatable bonds is 5. The Hall–Kier alpha value is -1.37. The first-order chi connectivity index (χ1) is 10.2. The molecule has 1 saturated heterocycles. The number of nitrogens with zero attached hydrogens (tertiary/aromatic N) is 2. The maximum atomic E-state index is 9.50. The molecule has 21 heavy (non-hydrogen) atoms. The summed E-state index contributed by atoms with van der Waals surface area (Å²) in [6, 6.07) is 7.45. The zero-order valence-corrected chi connectivity index (χ0v) is 13.2. The van der Waals surface area contributed by atoms with E-state index in [-0.39, 0.29) is 0 Å². The number of ether oxygens (including phenoxy) is 1. The summed E-state index contributed by atoms with van der Waals surface area (Å²) in [6.45, 7) is 6.08. The maximum absolute atomic E-state index is 9.50. The van der Waals surface area contributed by atoms with Crippen molar-refractivity contribution in [2.24, 2.45) is 0 Å². The highest BCUT2D eigenvalue weighted by atomic mass is 32.1. The molecule has 6 heteroatoms. The van der Waals surface area contributed by atoms with Crippen molar-refractivity contribution >= 4 is 17.3 Å². The van der Waals surface area contributed by atoms with Crippen LogP contribution in [0.25, 0.3) is 0 Å². The predicted molar refractivity (Wildman–Crippen MR) is 87.4 cm³/mol. The molecule has 5 nitrogen and oxygen atoms in total. The van der Waals surface area contributed by atoms with E-state index < -0.39 is 0 Å². The lowest BCUT2D eigenvalue weighted by Crippen LogP contribution is -2.51. The van der Waals surface area contributed by atoms with Gasteiger partial charge in [0.2, 0.25) is 0 Å². The molecule has 1 aromatic carbocycles. The fourth-order valence-corrected chi connectivity index (χ4v) is 2.68. The van der Waals surface area contributed by atoms with Gasteiger partial charge in [-0.2, -0.15) is 0 Å². The third-order valence-electron chi connectivity index (χ3n) is 3.56. The first-order valence-electron chi connectivity index (χ1n) is 7.21. The Balaban J connectivity index is 1.74. The molecule has 0 bridgehead atoms. The average molecular weight is 309 g/mol. The van der Waals surface area contributed by atoms with E-state index in [1.807, 2.05) is 18.2 Å². The molecule has 2 rings (SSSR count). The monoisotopic (exact) mass is 309 g/mol. The second kappa shape index (κ2) is 8.17. The second-order valence-electron chi connectivity index (χ2n) is 5.16. The Morgan fingerprint density at radius 1 is 1.33 bits per heavy atom. The number of nitrogens with one attached hydrogen (secondary N) is 1. The van der Waals surface area contributed by atoms with Crippen molar-refractivity contribution in [2.45, 2.75) is 6.54 Å². The molecule has 0 atom stereocenters. The average Bonchev–Trinajstić information content (AvgIpc) is 2.48. The fourth-order valence-electron chi connectivity index (χ4n) is 2.39. The number of benzene rings is 1. The minimum atomic E-state index is 0.328. The van der Waals surface area contributed by atoms with E-state index in [2.05, 4.69) is 15.1 Å². The quantitative estimate of drug-likeness (QED) is 0.626.